The van der Waals surface area contributed by atoms with Crippen LogP contribution in [0, 0.1) is 0 Å². The third-order valence-corrected chi connectivity index (χ3v) is 3.38. The average Bonchev–Trinajstić information content (AvgIpc) is 2.73. The van der Waals surface area contributed by atoms with Crippen LogP contribution < -0.4 is 5.73 Å². The summed E-state index contributed by atoms with van der Waals surface area (Å²) in [6.07, 6.45) is -0.896. The van der Waals surface area contributed by atoms with Crippen LogP contribution in [0.2, 0.25) is 0 Å². The van der Waals surface area contributed by atoms with Crippen molar-refractivity contribution in [2.45, 2.75) is 19.1 Å². The number of aromatic nitrogens is 2. The number of thiazole rings is 1. The molecule has 0 fully saturated rings. The average molecular weight is 273 g/mol. The summed E-state index contributed by atoms with van der Waals surface area (Å²) in [6.45, 7) is -0.150. The van der Waals surface area contributed by atoms with E-state index in [1.165, 1.54) is 0 Å². The molecule has 0 amide bonds. The molecule has 2 aromatic heterocycles. The zero-order chi connectivity index (χ0) is 13.2. The Labute approximate surface area is 105 Å². The van der Waals surface area contributed by atoms with Gasteiger partial charge in [0, 0.05) is 25.4 Å². The van der Waals surface area contributed by atoms with Crippen LogP contribution in [0.1, 0.15) is 21.1 Å². The van der Waals surface area contributed by atoms with Gasteiger partial charge < -0.3 is 5.73 Å². The molecule has 2 rings (SSSR count). The van der Waals surface area contributed by atoms with Crippen molar-refractivity contribution in [2.75, 3.05) is 0 Å². The normalized spacial score (nSPS) is 11.8. The van der Waals surface area contributed by atoms with Crippen molar-refractivity contribution in [3.63, 3.8) is 0 Å². The molecule has 0 aliphatic heterocycles. The van der Waals surface area contributed by atoms with E-state index >= 15 is 0 Å². The van der Waals surface area contributed by atoms with Crippen LogP contribution in [0.3, 0.4) is 0 Å². The largest absolute Gasteiger partial charge is 0.434 e. The fourth-order valence-electron chi connectivity index (χ4n) is 1.51. The number of hydrogen-bond donors (Lipinski definition) is 1. The van der Waals surface area contributed by atoms with Crippen molar-refractivity contribution < 1.29 is 13.2 Å². The number of rotatable bonds is 3. The van der Waals surface area contributed by atoms with Crippen LogP contribution in [0.25, 0.3) is 0 Å². The predicted molar refractivity (Wildman–Crippen MR) is 62.1 cm³/mol. The van der Waals surface area contributed by atoms with E-state index in [4.69, 9.17) is 5.73 Å². The van der Waals surface area contributed by atoms with Gasteiger partial charge >= 0.3 is 6.18 Å². The molecule has 18 heavy (non-hydrogen) atoms. The van der Waals surface area contributed by atoms with Gasteiger partial charge in [0.2, 0.25) is 0 Å². The first-order chi connectivity index (χ1) is 8.50. The molecule has 96 valence electrons. The van der Waals surface area contributed by atoms with Crippen LogP contribution in [-0.2, 0) is 19.1 Å². The minimum atomic E-state index is -4.44. The van der Waals surface area contributed by atoms with Gasteiger partial charge in [0.25, 0.3) is 0 Å². The van der Waals surface area contributed by atoms with Gasteiger partial charge in [-0.3, -0.25) is 4.98 Å². The zero-order valence-electron chi connectivity index (χ0n) is 9.24. The molecule has 0 spiro atoms. The Morgan fingerprint density at radius 1 is 1.22 bits per heavy atom. The number of pyridine rings is 1. The van der Waals surface area contributed by atoms with Crippen molar-refractivity contribution in [2.24, 2.45) is 5.73 Å². The summed E-state index contributed by atoms with van der Waals surface area (Å²) >= 11 is 1.00. The molecule has 0 bridgehead atoms. The van der Waals surface area contributed by atoms with Gasteiger partial charge in [0.05, 0.1) is 9.88 Å². The van der Waals surface area contributed by atoms with Gasteiger partial charge in [-0.2, -0.15) is 13.2 Å². The van der Waals surface area contributed by atoms with Gasteiger partial charge in [0.1, 0.15) is 0 Å². The quantitative estimate of drug-likeness (QED) is 0.935. The van der Waals surface area contributed by atoms with Crippen LogP contribution in [0.5, 0.6) is 0 Å². The van der Waals surface area contributed by atoms with E-state index in [1.54, 1.807) is 24.5 Å². The first-order valence-electron chi connectivity index (χ1n) is 5.15. The lowest BCUT2D eigenvalue weighted by Crippen LogP contribution is -2.10. The molecule has 0 radical (unpaired) electrons. The summed E-state index contributed by atoms with van der Waals surface area (Å²) in [4.78, 5) is 7.56. The van der Waals surface area contributed by atoms with Crippen LogP contribution in [0.4, 0.5) is 13.2 Å². The van der Waals surface area contributed by atoms with Crippen LogP contribution in [0.15, 0.2) is 24.5 Å². The van der Waals surface area contributed by atoms with Crippen molar-refractivity contribution in [1.29, 1.82) is 0 Å². The molecular weight excluding hydrogens is 263 g/mol. The van der Waals surface area contributed by atoms with Crippen molar-refractivity contribution >= 4 is 11.3 Å². The second-order valence-corrected chi connectivity index (χ2v) is 4.78. The van der Waals surface area contributed by atoms with E-state index in [0.717, 1.165) is 16.9 Å². The van der Waals surface area contributed by atoms with E-state index in [0.29, 0.717) is 11.4 Å². The molecule has 3 nitrogen and oxygen atoms in total. The Kier molecular flexibility index (Phi) is 3.63. The number of nitrogens with zero attached hydrogens (tertiary/aromatic N) is 2. The Hall–Kier alpha value is -1.47. The molecule has 0 aliphatic rings. The maximum Gasteiger partial charge on any atom is 0.434 e. The highest BCUT2D eigenvalue weighted by Gasteiger charge is 2.36. The standard InChI is InChI=1S/C11H10F3N3S/c12-11(13,14)10-8(6-15)18-9(17-10)5-7-1-3-16-4-2-7/h1-4H,5-6,15H2. The summed E-state index contributed by atoms with van der Waals surface area (Å²) < 4.78 is 38.0. The molecular formula is C11H10F3N3S. The lowest BCUT2D eigenvalue weighted by molar-refractivity contribution is -0.141. The number of nitrogens with two attached hydrogens (primary N) is 1. The first-order valence-corrected chi connectivity index (χ1v) is 5.97. The third-order valence-electron chi connectivity index (χ3n) is 2.30. The van der Waals surface area contributed by atoms with Crippen LogP contribution in [-0.4, -0.2) is 9.97 Å². The second-order valence-electron chi connectivity index (χ2n) is 3.61. The number of alkyl halides is 3. The zero-order valence-corrected chi connectivity index (χ0v) is 10.1. The Bertz CT molecular complexity index is 522. The van der Waals surface area contributed by atoms with Gasteiger partial charge in [-0.1, -0.05) is 0 Å². The topological polar surface area (TPSA) is 51.8 Å². The molecule has 2 aromatic rings. The van der Waals surface area contributed by atoms with E-state index in [-0.39, 0.29) is 11.4 Å². The van der Waals surface area contributed by atoms with E-state index < -0.39 is 11.9 Å². The molecule has 0 aliphatic carbocycles. The Morgan fingerprint density at radius 3 is 2.39 bits per heavy atom. The molecule has 0 atom stereocenters. The lowest BCUT2D eigenvalue weighted by atomic mass is 10.2. The maximum atomic E-state index is 12.7. The molecule has 0 unspecified atom stereocenters. The van der Waals surface area contributed by atoms with Crippen molar-refractivity contribution in [3.8, 4) is 0 Å². The molecule has 0 aromatic carbocycles. The minimum absolute atomic E-state index is 0.0755. The first kappa shape index (κ1) is 13.0. The third kappa shape index (κ3) is 2.85. The number of hydrogen-bond acceptors (Lipinski definition) is 4. The molecule has 7 heteroatoms. The summed E-state index contributed by atoms with van der Waals surface area (Å²) in [5.74, 6) is 0. The highest BCUT2D eigenvalue weighted by Crippen LogP contribution is 2.34. The highest BCUT2D eigenvalue weighted by atomic mass is 32.1. The molecule has 2 heterocycles. The lowest BCUT2D eigenvalue weighted by Gasteiger charge is -2.03. The van der Waals surface area contributed by atoms with Gasteiger partial charge in [0.15, 0.2) is 5.69 Å². The van der Waals surface area contributed by atoms with Crippen molar-refractivity contribution in [3.05, 3.63) is 45.7 Å². The summed E-state index contributed by atoms with van der Waals surface area (Å²) in [6, 6.07) is 3.49. The van der Waals surface area contributed by atoms with Gasteiger partial charge in [-0.05, 0) is 17.7 Å². The fraction of sp³-hybridized carbons (Fsp3) is 0.273. The summed E-state index contributed by atoms with van der Waals surface area (Å²) in [7, 11) is 0. The SMILES string of the molecule is NCc1sc(Cc2ccncc2)nc1C(F)(F)F. The minimum Gasteiger partial charge on any atom is -0.326 e. The molecule has 2 N–H and O–H groups in total. The summed E-state index contributed by atoms with van der Waals surface area (Å²) in [5, 5.41) is 0.411. The van der Waals surface area contributed by atoms with Gasteiger partial charge in [-0.15, -0.1) is 11.3 Å². The second kappa shape index (κ2) is 5.03. The maximum absolute atomic E-state index is 12.7. The smallest absolute Gasteiger partial charge is 0.326 e. The Balaban J connectivity index is 2.28. The van der Waals surface area contributed by atoms with Crippen LogP contribution >= 0.6 is 11.3 Å². The van der Waals surface area contributed by atoms with Crippen molar-refractivity contribution in [1.82, 2.24) is 9.97 Å². The van der Waals surface area contributed by atoms with Gasteiger partial charge in [-0.25, -0.2) is 4.98 Å². The predicted octanol–water partition coefficient (Wildman–Crippen LogP) is 2.61. The fourth-order valence-corrected chi connectivity index (χ4v) is 2.51. The highest BCUT2D eigenvalue weighted by molar-refractivity contribution is 7.11. The van der Waals surface area contributed by atoms with E-state index in [1.807, 2.05) is 0 Å². The van der Waals surface area contributed by atoms with E-state index in [2.05, 4.69) is 9.97 Å². The van der Waals surface area contributed by atoms with E-state index in [9.17, 15) is 13.2 Å². The Morgan fingerprint density at radius 2 is 1.89 bits per heavy atom. The molecule has 0 saturated carbocycles. The summed E-state index contributed by atoms with van der Waals surface area (Å²) in [5.41, 5.74) is 5.32. The molecule has 0 saturated heterocycles. The monoisotopic (exact) mass is 273 g/mol. The number of halogens is 3.